The van der Waals surface area contributed by atoms with Gasteiger partial charge in [-0.1, -0.05) is 0 Å². The molecule has 4 heteroatoms. The van der Waals surface area contributed by atoms with Gasteiger partial charge >= 0.3 is 0 Å². The molecule has 0 aliphatic carbocycles. The molecule has 1 fully saturated rings. The van der Waals surface area contributed by atoms with Crippen LogP contribution in [0.4, 0.5) is 0 Å². The fraction of sp³-hybridized carbons (Fsp3) is 1.00. The van der Waals surface area contributed by atoms with Crippen molar-refractivity contribution in [1.29, 1.82) is 0 Å². The van der Waals surface area contributed by atoms with Gasteiger partial charge in [0.05, 0.1) is 17.6 Å². The Morgan fingerprint density at radius 1 is 1.70 bits per heavy atom. The van der Waals surface area contributed by atoms with Crippen molar-refractivity contribution in [3.8, 4) is 0 Å². The van der Waals surface area contributed by atoms with Crippen LogP contribution in [0.1, 0.15) is 12.8 Å². The molecule has 1 aliphatic heterocycles. The van der Waals surface area contributed by atoms with Crippen LogP contribution in [0.2, 0.25) is 0 Å². The van der Waals surface area contributed by atoms with Gasteiger partial charge in [-0.25, -0.2) is 4.21 Å². The van der Waals surface area contributed by atoms with Crippen molar-refractivity contribution in [2.24, 2.45) is 11.1 Å². The van der Waals surface area contributed by atoms with E-state index in [9.17, 15) is 4.21 Å². The van der Waals surface area contributed by atoms with E-state index in [0.717, 1.165) is 26.1 Å². The van der Waals surface area contributed by atoms with E-state index in [1.54, 1.807) is 0 Å². The normalized spacial score (nSPS) is 29.9. The SMILES string of the molecule is NS(=O)CC1CCCOC1. The first kappa shape index (κ1) is 8.17. The largest absolute Gasteiger partial charge is 0.381 e. The fourth-order valence-electron chi connectivity index (χ4n) is 1.17. The molecule has 0 spiro atoms. The van der Waals surface area contributed by atoms with Gasteiger partial charge in [0.2, 0.25) is 0 Å². The summed E-state index contributed by atoms with van der Waals surface area (Å²) >= 11 is 0. The predicted octanol–water partition coefficient (Wildman–Crippen LogP) is 0.0354. The Labute approximate surface area is 63.5 Å². The smallest absolute Gasteiger partial charge is 0.0891 e. The van der Waals surface area contributed by atoms with Gasteiger partial charge < -0.3 is 4.74 Å². The maximum absolute atomic E-state index is 10.5. The minimum atomic E-state index is -1.14. The Hall–Kier alpha value is 0.0700. The van der Waals surface area contributed by atoms with Crippen LogP contribution < -0.4 is 5.14 Å². The highest BCUT2D eigenvalue weighted by molar-refractivity contribution is 7.82. The second-order valence-corrected chi connectivity index (χ2v) is 3.73. The van der Waals surface area contributed by atoms with Crippen molar-refractivity contribution in [3.63, 3.8) is 0 Å². The zero-order valence-electron chi connectivity index (χ0n) is 5.91. The molecule has 2 unspecified atom stereocenters. The molecule has 0 aromatic carbocycles. The molecular weight excluding hydrogens is 150 g/mol. The molecule has 1 saturated heterocycles. The summed E-state index contributed by atoms with van der Waals surface area (Å²) < 4.78 is 15.7. The molecule has 0 radical (unpaired) electrons. The van der Waals surface area contributed by atoms with E-state index in [0.29, 0.717) is 11.7 Å². The van der Waals surface area contributed by atoms with E-state index >= 15 is 0 Å². The fourth-order valence-corrected chi connectivity index (χ4v) is 1.90. The van der Waals surface area contributed by atoms with Gasteiger partial charge in [-0.3, -0.25) is 5.14 Å². The summed E-state index contributed by atoms with van der Waals surface area (Å²) in [5, 5.41) is 5.14. The molecule has 1 heterocycles. The molecule has 0 amide bonds. The van der Waals surface area contributed by atoms with E-state index in [4.69, 9.17) is 9.88 Å². The zero-order valence-corrected chi connectivity index (χ0v) is 6.73. The van der Waals surface area contributed by atoms with Crippen LogP contribution in [0.25, 0.3) is 0 Å². The first-order valence-electron chi connectivity index (χ1n) is 3.49. The first-order chi connectivity index (χ1) is 4.79. The molecule has 0 aromatic heterocycles. The predicted molar refractivity (Wildman–Crippen MR) is 40.7 cm³/mol. The van der Waals surface area contributed by atoms with E-state index in [1.165, 1.54) is 0 Å². The van der Waals surface area contributed by atoms with Gasteiger partial charge in [-0.05, 0) is 18.8 Å². The second-order valence-electron chi connectivity index (χ2n) is 2.63. The summed E-state index contributed by atoms with van der Waals surface area (Å²) in [7, 11) is -1.14. The van der Waals surface area contributed by atoms with Crippen LogP contribution in [0.3, 0.4) is 0 Å². The topological polar surface area (TPSA) is 52.3 Å². The maximum atomic E-state index is 10.5. The van der Waals surface area contributed by atoms with Crippen molar-refractivity contribution in [3.05, 3.63) is 0 Å². The highest BCUT2D eigenvalue weighted by atomic mass is 32.2. The summed E-state index contributed by atoms with van der Waals surface area (Å²) in [5.41, 5.74) is 0. The molecule has 60 valence electrons. The average Bonchev–Trinajstić information content (AvgIpc) is 1.88. The average molecular weight is 163 g/mol. The number of hydrogen-bond acceptors (Lipinski definition) is 2. The first-order valence-corrected chi connectivity index (χ1v) is 4.88. The minimum Gasteiger partial charge on any atom is -0.381 e. The molecule has 10 heavy (non-hydrogen) atoms. The second kappa shape index (κ2) is 4.05. The molecule has 0 saturated carbocycles. The third kappa shape index (κ3) is 2.77. The Bertz CT molecular complexity index is 123. The number of hydrogen-bond donors (Lipinski definition) is 1. The molecule has 0 aromatic rings. The summed E-state index contributed by atoms with van der Waals surface area (Å²) in [4.78, 5) is 0. The molecule has 3 nitrogen and oxygen atoms in total. The van der Waals surface area contributed by atoms with Crippen molar-refractivity contribution in [2.75, 3.05) is 19.0 Å². The van der Waals surface area contributed by atoms with Crippen LogP contribution in [-0.4, -0.2) is 23.2 Å². The summed E-state index contributed by atoms with van der Waals surface area (Å²) in [6, 6.07) is 0. The third-order valence-electron chi connectivity index (χ3n) is 1.65. The molecule has 1 aliphatic rings. The van der Waals surface area contributed by atoms with Gasteiger partial charge in [0.15, 0.2) is 0 Å². The van der Waals surface area contributed by atoms with E-state index in [1.807, 2.05) is 0 Å². The Morgan fingerprint density at radius 2 is 2.50 bits per heavy atom. The molecule has 0 bridgehead atoms. The summed E-state index contributed by atoms with van der Waals surface area (Å²) in [6.07, 6.45) is 2.20. The number of ether oxygens (including phenoxy) is 1. The summed E-state index contributed by atoms with van der Waals surface area (Å²) in [5.74, 6) is 1.03. The lowest BCUT2D eigenvalue weighted by molar-refractivity contribution is 0.0629. The van der Waals surface area contributed by atoms with Gasteiger partial charge in [0.25, 0.3) is 0 Å². The third-order valence-corrected chi connectivity index (χ3v) is 2.45. The van der Waals surface area contributed by atoms with Gasteiger partial charge in [0.1, 0.15) is 0 Å². The van der Waals surface area contributed by atoms with E-state index < -0.39 is 11.0 Å². The van der Waals surface area contributed by atoms with Gasteiger partial charge in [-0.2, -0.15) is 0 Å². The summed E-state index contributed by atoms with van der Waals surface area (Å²) in [6.45, 7) is 1.59. The lowest BCUT2D eigenvalue weighted by Crippen LogP contribution is -2.25. The maximum Gasteiger partial charge on any atom is 0.0891 e. The quantitative estimate of drug-likeness (QED) is 0.624. The Morgan fingerprint density at radius 3 is 3.00 bits per heavy atom. The lowest BCUT2D eigenvalue weighted by Gasteiger charge is -2.20. The molecule has 1 rings (SSSR count). The Kier molecular flexibility index (Phi) is 3.31. The monoisotopic (exact) mass is 163 g/mol. The van der Waals surface area contributed by atoms with Gasteiger partial charge in [0, 0.05) is 12.4 Å². The number of nitrogens with two attached hydrogens (primary N) is 1. The Balaban J connectivity index is 2.19. The van der Waals surface area contributed by atoms with Crippen LogP contribution in [0.5, 0.6) is 0 Å². The van der Waals surface area contributed by atoms with Crippen LogP contribution in [0.15, 0.2) is 0 Å². The van der Waals surface area contributed by atoms with E-state index in [-0.39, 0.29) is 0 Å². The standard InChI is InChI=1S/C6H13NO2S/c7-10(8)5-6-2-1-3-9-4-6/h6H,1-5,7H2. The molecular formula is C6H13NO2S. The minimum absolute atomic E-state index is 0.430. The van der Waals surface area contributed by atoms with E-state index in [2.05, 4.69) is 0 Å². The zero-order chi connectivity index (χ0) is 7.40. The molecule has 2 atom stereocenters. The van der Waals surface area contributed by atoms with Gasteiger partial charge in [-0.15, -0.1) is 0 Å². The van der Waals surface area contributed by atoms with Crippen LogP contribution in [-0.2, 0) is 15.7 Å². The highest BCUT2D eigenvalue weighted by Gasteiger charge is 2.14. The van der Waals surface area contributed by atoms with Crippen molar-refractivity contribution in [1.82, 2.24) is 0 Å². The van der Waals surface area contributed by atoms with Crippen molar-refractivity contribution >= 4 is 11.0 Å². The van der Waals surface area contributed by atoms with Crippen LogP contribution >= 0.6 is 0 Å². The molecule has 2 N–H and O–H groups in total. The van der Waals surface area contributed by atoms with Crippen LogP contribution in [0, 0.1) is 5.92 Å². The highest BCUT2D eigenvalue weighted by Crippen LogP contribution is 2.13. The van der Waals surface area contributed by atoms with Crippen molar-refractivity contribution < 1.29 is 8.95 Å². The number of rotatable bonds is 2. The van der Waals surface area contributed by atoms with Crippen molar-refractivity contribution in [2.45, 2.75) is 12.8 Å². The lowest BCUT2D eigenvalue weighted by atomic mass is 10.1.